The van der Waals surface area contributed by atoms with E-state index in [-0.39, 0.29) is 29.9 Å². The van der Waals surface area contributed by atoms with Crippen molar-refractivity contribution in [1.29, 1.82) is 0 Å². The molecule has 1 aliphatic rings. The number of anilines is 2. The first-order valence-corrected chi connectivity index (χ1v) is 13.2. The number of hydrogen-bond acceptors (Lipinski definition) is 3. The van der Waals surface area contributed by atoms with Gasteiger partial charge in [-0.15, -0.1) is 0 Å². The highest BCUT2D eigenvalue weighted by atomic mass is 19.1. The van der Waals surface area contributed by atoms with E-state index in [1.165, 1.54) is 6.07 Å². The summed E-state index contributed by atoms with van der Waals surface area (Å²) in [6, 6.07) is 16.7. The zero-order valence-corrected chi connectivity index (χ0v) is 22.4. The largest absolute Gasteiger partial charge is 0.480 e. The van der Waals surface area contributed by atoms with Crippen LogP contribution in [0.2, 0.25) is 0 Å². The van der Waals surface area contributed by atoms with Crippen LogP contribution in [0.1, 0.15) is 43.4 Å². The summed E-state index contributed by atoms with van der Waals surface area (Å²) >= 11 is 0. The Bertz CT molecular complexity index is 1390. The Kier molecular flexibility index (Phi) is 8.64. The maximum absolute atomic E-state index is 14.9. The third-order valence-corrected chi connectivity index (χ3v) is 7.09. The predicted molar refractivity (Wildman–Crippen MR) is 150 cm³/mol. The fourth-order valence-electron chi connectivity index (χ4n) is 5.00. The van der Waals surface area contributed by atoms with E-state index in [1.54, 1.807) is 32.0 Å². The molecule has 3 aromatic rings. The van der Waals surface area contributed by atoms with Gasteiger partial charge in [0.05, 0.1) is 5.69 Å². The van der Waals surface area contributed by atoms with E-state index in [9.17, 15) is 23.9 Å². The quantitative estimate of drug-likeness (QED) is 0.279. The van der Waals surface area contributed by atoms with E-state index in [1.807, 2.05) is 37.3 Å². The molecule has 0 saturated heterocycles. The first kappa shape index (κ1) is 27.8. The van der Waals surface area contributed by atoms with Gasteiger partial charge in [-0.3, -0.25) is 4.79 Å². The summed E-state index contributed by atoms with van der Waals surface area (Å²) in [5, 5.41) is 17.2. The highest BCUT2D eigenvalue weighted by Crippen LogP contribution is 2.32. The number of halogens is 1. The maximum Gasteiger partial charge on any atom is 0.326 e. The molecule has 204 valence electrons. The molecule has 0 saturated carbocycles. The van der Waals surface area contributed by atoms with E-state index in [0.29, 0.717) is 11.3 Å². The number of carbonyl (C=O) groups excluding carboxylic acids is 2. The molecule has 1 unspecified atom stereocenters. The fraction of sp³-hybridized carbons (Fsp3) is 0.323. The van der Waals surface area contributed by atoms with Crippen molar-refractivity contribution in [2.45, 2.75) is 52.5 Å². The molecule has 0 aromatic heterocycles. The van der Waals surface area contributed by atoms with E-state index >= 15 is 0 Å². The van der Waals surface area contributed by atoms with Gasteiger partial charge in [-0.1, -0.05) is 50.2 Å². The van der Waals surface area contributed by atoms with Gasteiger partial charge >= 0.3 is 12.0 Å². The molecule has 0 spiro atoms. The molecule has 7 nitrogen and oxygen atoms in total. The van der Waals surface area contributed by atoms with Gasteiger partial charge in [0.1, 0.15) is 11.9 Å². The first-order valence-electron chi connectivity index (χ1n) is 13.2. The summed E-state index contributed by atoms with van der Waals surface area (Å²) in [7, 11) is 0. The third-order valence-electron chi connectivity index (χ3n) is 7.09. The summed E-state index contributed by atoms with van der Waals surface area (Å²) in [5.41, 5.74) is 5.61. The van der Waals surface area contributed by atoms with Crippen LogP contribution in [0.25, 0.3) is 11.1 Å². The number of fused-ring (bicyclic) bond motifs is 1. The number of urea groups is 1. The summed E-state index contributed by atoms with van der Waals surface area (Å²) in [4.78, 5) is 36.2. The molecular weight excluding hydrogens is 497 g/mol. The molecule has 0 bridgehead atoms. The number of hydrogen-bond donors (Lipinski definition) is 4. The molecule has 2 atom stereocenters. The Hall–Kier alpha value is -4.20. The SMILES string of the molecule is Cc1cccc(NC(=O)Nc2ccc(-c3ccc4c(c3)CCC(CC(=O)N[C@H](C(=O)O)C(C)C)C4)cc2F)c1. The van der Waals surface area contributed by atoms with Crippen LogP contribution < -0.4 is 16.0 Å². The Labute approximate surface area is 227 Å². The van der Waals surface area contributed by atoms with Crippen LogP contribution in [-0.4, -0.2) is 29.1 Å². The average molecular weight is 532 g/mol. The Morgan fingerprint density at radius 3 is 2.41 bits per heavy atom. The number of amides is 3. The van der Waals surface area contributed by atoms with Crippen molar-refractivity contribution in [3.63, 3.8) is 0 Å². The number of aliphatic carboxylic acids is 1. The Morgan fingerprint density at radius 2 is 1.72 bits per heavy atom. The molecule has 39 heavy (non-hydrogen) atoms. The van der Waals surface area contributed by atoms with Crippen molar-refractivity contribution in [2.75, 3.05) is 10.6 Å². The lowest BCUT2D eigenvalue weighted by Crippen LogP contribution is -2.45. The molecule has 1 aliphatic carbocycles. The second-order valence-electron chi connectivity index (χ2n) is 10.6. The number of carboxylic acids is 1. The first-order chi connectivity index (χ1) is 18.6. The molecule has 0 heterocycles. The van der Waals surface area contributed by atoms with Gasteiger partial charge in [-0.05, 0) is 90.1 Å². The molecule has 3 aromatic carbocycles. The summed E-state index contributed by atoms with van der Waals surface area (Å²) < 4.78 is 14.9. The van der Waals surface area contributed by atoms with E-state index in [0.717, 1.165) is 41.5 Å². The lowest BCUT2D eigenvalue weighted by Gasteiger charge is -2.26. The topological polar surface area (TPSA) is 108 Å². The minimum atomic E-state index is -1.02. The van der Waals surface area contributed by atoms with Gasteiger partial charge in [0.2, 0.25) is 5.91 Å². The van der Waals surface area contributed by atoms with Gasteiger partial charge in [0, 0.05) is 12.1 Å². The third kappa shape index (κ3) is 7.22. The zero-order valence-electron chi connectivity index (χ0n) is 22.4. The summed E-state index contributed by atoms with van der Waals surface area (Å²) in [6.45, 7) is 5.46. The fourth-order valence-corrected chi connectivity index (χ4v) is 5.00. The number of carboxylic acid groups (broad SMARTS) is 1. The lowest BCUT2D eigenvalue weighted by atomic mass is 9.81. The van der Waals surface area contributed by atoms with Crippen LogP contribution in [0.15, 0.2) is 60.7 Å². The van der Waals surface area contributed by atoms with Crippen LogP contribution in [0, 0.1) is 24.6 Å². The summed E-state index contributed by atoms with van der Waals surface area (Å²) in [5.74, 6) is -1.85. The number of rotatable bonds is 8. The highest BCUT2D eigenvalue weighted by molar-refractivity contribution is 6.00. The molecule has 4 rings (SSSR count). The number of carbonyl (C=O) groups is 3. The lowest BCUT2D eigenvalue weighted by molar-refractivity contribution is -0.143. The van der Waals surface area contributed by atoms with Crippen molar-refractivity contribution in [3.05, 3.63) is 83.2 Å². The predicted octanol–water partition coefficient (Wildman–Crippen LogP) is 6.17. The molecule has 0 fully saturated rings. The van der Waals surface area contributed by atoms with Crippen LogP contribution in [0.4, 0.5) is 20.6 Å². The van der Waals surface area contributed by atoms with Crippen molar-refractivity contribution in [2.24, 2.45) is 11.8 Å². The van der Waals surface area contributed by atoms with Gasteiger partial charge in [-0.2, -0.15) is 0 Å². The minimum absolute atomic E-state index is 0.0885. The number of aryl methyl sites for hydroxylation is 2. The zero-order chi connectivity index (χ0) is 28.1. The van der Waals surface area contributed by atoms with E-state index < -0.39 is 23.9 Å². The summed E-state index contributed by atoms with van der Waals surface area (Å²) in [6.07, 6.45) is 2.62. The van der Waals surface area contributed by atoms with Crippen LogP contribution in [0.5, 0.6) is 0 Å². The second kappa shape index (κ2) is 12.1. The van der Waals surface area contributed by atoms with Crippen LogP contribution >= 0.6 is 0 Å². The molecule has 3 amide bonds. The molecule has 0 radical (unpaired) electrons. The maximum atomic E-state index is 14.9. The molecule has 0 aliphatic heterocycles. The smallest absolute Gasteiger partial charge is 0.326 e. The number of benzene rings is 3. The highest BCUT2D eigenvalue weighted by Gasteiger charge is 2.26. The van der Waals surface area contributed by atoms with Gasteiger partial charge in [-0.25, -0.2) is 14.0 Å². The normalized spacial score (nSPS) is 15.3. The van der Waals surface area contributed by atoms with Crippen molar-refractivity contribution >= 4 is 29.3 Å². The number of nitrogens with one attached hydrogen (secondary N) is 3. The molecular formula is C31H34FN3O4. The molecule has 8 heteroatoms. The second-order valence-corrected chi connectivity index (χ2v) is 10.6. The van der Waals surface area contributed by atoms with Crippen LogP contribution in [-0.2, 0) is 22.4 Å². The van der Waals surface area contributed by atoms with Crippen LogP contribution in [0.3, 0.4) is 0 Å². The molecule has 4 N–H and O–H groups in total. The van der Waals surface area contributed by atoms with Crippen molar-refractivity contribution in [3.8, 4) is 11.1 Å². The Morgan fingerprint density at radius 1 is 0.974 bits per heavy atom. The van der Waals surface area contributed by atoms with E-state index in [4.69, 9.17) is 0 Å². The average Bonchev–Trinajstić information content (AvgIpc) is 2.87. The van der Waals surface area contributed by atoms with Crippen molar-refractivity contribution in [1.82, 2.24) is 5.32 Å². The monoisotopic (exact) mass is 531 g/mol. The van der Waals surface area contributed by atoms with E-state index in [2.05, 4.69) is 22.0 Å². The standard InChI is InChI=1S/C31H34FN3O4/c1-18(2)29(30(37)38)35-28(36)15-20-7-8-22-16-23(10-9-21(22)14-20)24-11-12-27(26(32)17-24)34-31(39)33-25-6-4-5-19(3)13-25/h4-6,9-13,16-18,20,29H,7-8,14-15H2,1-3H3,(H,35,36)(H,37,38)(H2,33,34,39)/t20?,29-/m0/s1. The van der Waals surface area contributed by atoms with Gasteiger partial charge in [0.25, 0.3) is 0 Å². The Balaban J connectivity index is 1.37. The van der Waals surface area contributed by atoms with Gasteiger partial charge < -0.3 is 21.1 Å². The van der Waals surface area contributed by atoms with Gasteiger partial charge in [0.15, 0.2) is 0 Å². The van der Waals surface area contributed by atoms with Crippen molar-refractivity contribution < 1.29 is 23.9 Å². The minimum Gasteiger partial charge on any atom is -0.480 e.